The second-order valence-electron chi connectivity index (χ2n) is 4.38. The zero-order valence-corrected chi connectivity index (χ0v) is 15.2. The number of hydrogen-bond acceptors (Lipinski definition) is 8. The Labute approximate surface area is 135 Å². The first-order chi connectivity index (χ1) is 10.8. The molecule has 1 atom stereocenters. The summed E-state index contributed by atoms with van der Waals surface area (Å²) in [5.74, 6) is -0.511. The second-order valence-corrected chi connectivity index (χ2v) is 8.75. The van der Waals surface area contributed by atoms with Gasteiger partial charge in [0.25, 0.3) is 0 Å². The maximum absolute atomic E-state index is 12.6. The number of hydrogen-bond donors (Lipinski definition) is 0. The van der Waals surface area contributed by atoms with E-state index in [0.29, 0.717) is 11.1 Å². The number of carbonyl (C=O) groups is 1. The molecule has 0 aliphatic heterocycles. The Balaban J connectivity index is 2.88. The highest BCUT2D eigenvalue weighted by molar-refractivity contribution is 7.56. The van der Waals surface area contributed by atoms with Crippen molar-refractivity contribution in [2.24, 2.45) is 0 Å². The molecule has 0 radical (unpaired) electrons. The minimum atomic E-state index is -3.59. The van der Waals surface area contributed by atoms with E-state index in [0.717, 1.165) is 0 Å². The first kappa shape index (κ1) is 20.0. The Hall–Kier alpha value is -1.01. The Kier molecular flexibility index (Phi) is 7.61. The largest absolute Gasteiger partial charge is 0.465 e. The van der Waals surface area contributed by atoms with E-state index >= 15 is 0 Å². The molecule has 0 amide bonds. The average molecular weight is 366 g/mol. The third kappa shape index (κ3) is 5.84. The highest BCUT2D eigenvalue weighted by Gasteiger charge is 2.30. The summed E-state index contributed by atoms with van der Waals surface area (Å²) in [6.07, 6.45) is -0.621. The summed E-state index contributed by atoms with van der Waals surface area (Å²) < 4.78 is 48.7. The smallest absolute Gasteiger partial charge is 0.356 e. The Morgan fingerprint density at radius 1 is 1.00 bits per heavy atom. The molecule has 0 saturated heterocycles. The molecule has 0 aliphatic carbocycles. The molecule has 0 heterocycles. The molecular weight excluding hydrogens is 346 g/mol. The van der Waals surface area contributed by atoms with E-state index < -0.39 is 27.5 Å². The lowest BCUT2D eigenvalue weighted by molar-refractivity contribution is 0.0600. The molecule has 0 aromatic heterocycles. The van der Waals surface area contributed by atoms with Gasteiger partial charge < -0.3 is 18.3 Å². The van der Waals surface area contributed by atoms with Crippen LogP contribution in [0.2, 0.25) is 0 Å². The van der Waals surface area contributed by atoms with E-state index in [2.05, 4.69) is 4.74 Å². The summed E-state index contributed by atoms with van der Waals surface area (Å²) >= 11 is 0. The number of carbonyl (C=O) groups excluding carboxylic acids is 1. The van der Waals surface area contributed by atoms with Crippen molar-refractivity contribution in [2.45, 2.75) is 6.16 Å². The van der Waals surface area contributed by atoms with E-state index in [1.54, 1.807) is 18.2 Å². The molecule has 8 nitrogen and oxygen atoms in total. The molecule has 10 heteroatoms. The molecule has 0 bridgehead atoms. The highest BCUT2D eigenvalue weighted by atomic mass is 31.2. The number of methoxy groups -OCH3 is 1. The minimum Gasteiger partial charge on any atom is -0.465 e. The number of rotatable bonds is 9. The van der Waals surface area contributed by atoms with Crippen LogP contribution in [-0.2, 0) is 38.1 Å². The summed E-state index contributed by atoms with van der Waals surface area (Å²) in [6.45, 7) is 0. The Morgan fingerprint density at radius 3 is 2.13 bits per heavy atom. The number of esters is 1. The van der Waals surface area contributed by atoms with Gasteiger partial charge in [-0.1, -0.05) is 12.1 Å². The van der Waals surface area contributed by atoms with Crippen molar-refractivity contribution in [2.75, 3.05) is 34.8 Å². The lowest BCUT2D eigenvalue weighted by Gasteiger charge is -2.19. The van der Waals surface area contributed by atoms with Gasteiger partial charge in [-0.3, -0.25) is 13.7 Å². The summed E-state index contributed by atoms with van der Waals surface area (Å²) in [7, 11) is -2.18. The van der Waals surface area contributed by atoms with Gasteiger partial charge in [-0.05, 0) is 17.7 Å². The first-order valence-electron chi connectivity index (χ1n) is 6.48. The summed E-state index contributed by atoms with van der Waals surface area (Å²) in [4.78, 5) is 11.5. The van der Waals surface area contributed by atoms with Crippen LogP contribution in [0.3, 0.4) is 0 Å². The summed E-state index contributed by atoms with van der Waals surface area (Å²) in [6, 6.07) is 6.37. The van der Waals surface area contributed by atoms with Gasteiger partial charge in [0.15, 0.2) is 6.35 Å². The van der Waals surface area contributed by atoms with Crippen LogP contribution >= 0.6 is 15.2 Å². The Morgan fingerprint density at radius 2 is 1.61 bits per heavy atom. The molecule has 1 unspecified atom stereocenters. The lowest BCUT2D eigenvalue weighted by atomic mass is 10.1. The van der Waals surface area contributed by atoms with Crippen molar-refractivity contribution in [1.29, 1.82) is 0 Å². The quantitative estimate of drug-likeness (QED) is 0.485. The number of ether oxygens (including phenoxy) is 1. The van der Waals surface area contributed by atoms with Crippen molar-refractivity contribution < 1.29 is 36.8 Å². The van der Waals surface area contributed by atoms with Crippen LogP contribution in [0.5, 0.6) is 0 Å². The zero-order chi connectivity index (χ0) is 17.5. The Bertz CT molecular complexity index is 622. The lowest BCUT2D eigenvalue weighted by Crippen LogP contribution is -2.04. The van der Waals surface area contributed by atoms with Gasteiger partial charge in [0, 0.05) is 21.3 Å². The van der Waals surface area contributed by atoms with Crippen LogP contribution in [0.25, 0.3) is 0 Å². The zero-order valence-electron chi connectivity index (χ0n) is 13.4. The highest BCUT2D eigenvalue weighted by Crippen LogP contribution is 2.56. The molecule has 23 heavy (non-hydrogen) atoms. The standard InChI is InChI=1S/C13H20O8P2/c1-17-13(14)12-7-5-6-11(8-12)9-22(15,18-2)21-10-23(16,19-3)20-4/h5-8H,9-10H2,1-4H3. The molecule has 0 spiro atoms. The van der Waals surface area contributed by atoms with Crippen molar-refractivity contribution >= 4 is 21.2 Å². The fourth-order valence-corrected chi connectivity index (χ4v) is 4.24. The normalized spacial score (nSPS) is 14.3. The third-order valence-electron chi connectivity index (χ3n) is 2.97. The molecular formula is C13H20O8P2. The predicted octanol–water partition coefficient (Wildman–Crippen LogP) is 3.27. The molecule has 1 aromatic carbocycles. The van der Waals surface area contributed by atoms with E-state index in [9.17, 15) is 13.9 Å². The van der Waals surface area contributed by atoms with E-state index in [1.165, 1.54) is 34.5 Å². The van der Waals surface area contributed by atoms with Crippen molar-refractivity contribution in [3.8, 4) is 0 Å². The van der Waals surface area contributed by atoms with E-state index in [4.69, 9.17) is 18.1 Å². The molecule has 0 N–H and O–H groups in total. The summed E-state index contributed by atoms with van der Waals surface area (Å²) in [5, 5.41) is 0. The van der Waals surface area contributed by atoms with Gasteiger partial charge in [-0.25, -0.2) is 4.79 Å². The van der Waals surface area contributed by atoms with Gasteiger partial charge in [0.2, 0.25) is 0 Å². The van der Waals surface area contributed by atoms with Gasteiger partial charge in [0.05, 0.1) is 18.8 Å². The van der Waals surface area contributed by atoms with Crippen molar-refractivity contribution in [1.82, 2.24) is 0 Å². The van der Waals surface area contributed by atoms with E-state index in [-0.39, 0.29) is 6.16 Å². The number of benzene rings is 1. The monoisotopic (exact) mass is 366 g/mol. The van der Waals surface area contributed by atoms with Gasteiger partial charge in [-0.15, -0.1) is 0 Å². The van der Waals surface area contributed by atoms with Crippen molar-refractivity contribution in [3.63, 3.8) is 0 Å². The van der Waals surface area contributed by atoms with Crippen molar-refractivity contribution in [3.05, 3.63) is 35.4 Å². The topological polar surface area (TPSA) is 97.4 Å². The molecule has 0 saturated carbocycles. The minimum absolute atomic E-state index is 0.109. The fourth-order valence-electron chi connectivity index (χ4n) is 1.64. The third-order valence-corrected chi connectivity index (χ3v) is 6.56. The SMILES string of the molecule is COC(=O)c1cccc(CP(=O)(OC)OCP(=O)(OC)OC)c1. The fraction of sp³-hybridized carbons (Fsp3) is 0.462. The van der Waals surface area contributed by atoms with Crippen LogP contribution in [0, 0.1) is 0 Å². The van der Waals surface area contributed by atoms with Gasteiger partial charge in [0.1, 0.15) is 0 Å². The van der Waals surface area contributed by atoms with Gasteiger partial charge >= 0.3 is 21.2 Å². The van der Waals surface area contributed by atoms with Crippen LogP contribution < -0.4 is 0 Å². The average Bonchev–Trinajstić information content (AvgIpc) is 2.59. The maximum atomic E-state index is 12.6. The van der Waals surface area contributed by atoms with E-state index in [1.807, 2.05) is 0 Å². The first-order valence-corrected chi connectivity index (χ1v) is 9.94. The molecule has 1 rings (SSSR count). The van der Waals surface area contributed by atoms with Gasteiger partial charge in [-0.2, -0.15) is 0 Å². The molecule has 0 aliphatic rings. The molecule has 1 aromatic rings. The maximum Gasteiger partial charge on any atom is 0.356 e. The second kappa shape index (κ2) is 8.73. The molecule has 130 valence electrons. The van der Waals surface area contributed by atoms with Crippen LogP contribution in [0.1, 0.15) is 15.9 Å². The molecule has 0 fully saturated rings. The predicted molar refractivity (Wildman–Crippen MR) is 83.7 cm³/mol. The summed E-state index contributed by atoms with van der Waals surface area (Å²) in [5.41, 5.74) is 0.856. The van der Waals surface area contributed by atoms with Crippen LogP contribution in [0.4, 0.5) is 0 Å². The van der Waals surface area contributed by atoms with Crippen LogP contribution in [0.15, 0.2) is 24.3 Å². The van der Waals surface area contributed by atoms with Crippen LogP contribution in [-0.4, -0.2) is 40.8 Å².